The zero-order chi connectivity index (χ0) is 23.2. The van der Waals surface area contributed by atoms with Crippen molar-refractivity contribution in [1.82, 2.24) is 29.5 Å². The third kappa shape index (κ3) is 3.91. The molecule has 0 saturated heterocycles. The highest BCUT2D eigenvalue weighted by atomic mass is 32.1. The number of amides is 1. The van der Waals surface area contributed by atoms with E-state index in [-0.39, 0.29) is 17.8 Å². The molecule has 5 rings (SSSR count). The van der Waals surface area contributed by atoms with Gasteiger partial charge in [-0.05, 0) is 38.7 Å². The van der Waals surface area contributed by atoms with Crippen LogP contribution in [-0.4, -0.2) is 41.2 Å². The van der Waals surface area contributed by atoms with Gasteiger partial charge in [0.2, 0.25) is 0 Å². The van der Waals surface area contributed by atoms with Gasteiger partial charge in [0.25, 0.3) is 5.91 Å². The normalized spacial score (nSPS) is 16.4. The summed E-state index contributed by atoms with van der Waals surface area (Å²) in [6, 6.07) is 1.96. The molecule has 3 aromatic heterocycles. The lowest BCUT2D eigenvalue weighted by Gasteiger charge is -2.35. The van der Waals surface area contributed by atoms with E-state index in [9.17, 15) is 18.7 Å². The summed E-state index contributed by atoms with van der Waals surface area (Å²) >= 11 is 1.58. The van der Waals surface area contributed by atoms with Crippen molar-refractivity contribution in [1.29, 1.82) is 0 Å². The number of hydrogen-bond acceptors (Lipinski definition) is 6. The van der Waals surface area contributed by atoms with Crippen LogP contribution in [0.4, 0.5) is 8.78 Å². The lowest BCUT2D eigenvalue weighted by atomic mass is 9.86. The van der Waals surface area contributed by atoms with Crippen LogP contribution in [0.3, 0.4) is 0 Å². The Kier molecular flexibility index (Phi) is 5.45. The van der Waals surface area contributed by atoms with Gasteiger partial charge in [0.15, 0.2) is 4.96 Å². The SMILES string of the molecule is C[C@@H](NC(=O)c1cn2c3c(sc2n1)CCCC3)[C@](O)(Cn1cncn1)c1ccc(F)cc1F. The number of carbonyl (C=O) groups excluding carboxylic acids is 1. The van der Waals surface area contributed by atoms with Crippen molar-refractivity contribution in [3.8, 4) is 0 Å². The molecule has 11 heteroatoms. The van der Waals surface area contributed by atoms with E-state index in [1.165, 1.54) is 34.0 Å². The number of imidazole rings is 1. The van der Waals surface area contributed by atoms with Gasteiger partial charge in [0.1, 0.15) is 35.6 Å². The minimum absolute atomic E-state index is 0.160. The van der Waals surface area contributed by atoms with Gasteiger partial charge in [-0.15, -0.1) is 11.3 Å². The minimum Gasteiger partial charge on any atom is -0.381 e. The number of nitrogens with one attached hydrogen (secondary N) is 1. The average Bonchev–Trinajstić information content (AvgIpc) is 3.49. The van der Waals surface area contributed by atoms with Crippen LogP contribution in [-0.2, 0) is 25.0 Å². The summed E-state index contributed by atoms with van der Waals surface area (Å²) in [5.41, 5.74) is -0.689. The predicted octanol–water partition coefficient (Wildman–Crippen LogP) is 2.85. The standard InChI is InChI=1S/C22H22F2N6O2S/c1-13(22(32,10-29-12-25-11-26-29)15-7-6-14(23)8-16(15)24)27-20(31)17-9-30-18-4-2-3-5-19(18)33-21(30)28-17/h6-9,11-13,32H,2-5,10H2,1H3,(H,27,31)/t13-,22-/m1/s1. The molecule has 4 aromatic rings. The number of aryl methyl sites for hydroxylation is 2. The quantitative estimate of drug-likeness (QED) is 0.450. The minimum atomic E-state index is -1.93. The van der Waals surface area contributed by atoms with Gasteiger partial charge in [0.05, 0.1) is 12.6 Å². The van der Waals surface area contributed by atoms with Crippen LogP contribution >= 0.6 is 11.3 Å². The molecule has 0 aliphatic heterocycles. The van der Waals surface area contributed by atoms with Crippen LogP contribution in [0.25, 0.3) is 4.96 Å². The van der Waals surface area contributed by atoms with Crippen molar-refractivity contribution in [2.75, 3.05) is 0 Å². The summed E-state index contributed by atoms with van der Waals surface area (Å²) in [5.74, 6) is -2.19. The summed E-state index contributed by atoms with van der Waals surface area (Å²) < 4.78 is 31.5. The summed E-state index contributed by atoms with van der Waals surface area (Å²) in [6.07, 6.45) is 8.59. The van der Waals surface area contributed by atoms with Gasteiger partial charge >= 0.3 is 0 Å². The number of nitrogens with zero attached hydrogens (tertiary/aromatic N) is 5. The van der Waals surface area contributed by atoms with Crippen LogP contribution in [0.2, 0.25) is 0 Å². The first kappa shape index (κ1) is 21.7. The van der Waals surface area contributed by atoms with Gasteiger partial charge < -0.3 is 10.4 Å². The van der Waals surface area contributed by atoms with Gasteiger partial charge in [-0.1, -0.05) is 6.07 Å². The smallest absolute Gasteiger partial charge is 0.271 e. The van der Waals surface area contributed by atoms with Crippen molar-refractivity contribution in [3.05, 3.63) is 70.5 Å². The molecule has 0 bridgehead atoms. The van der Waals surface area contributed by atoms with Crippen LogP contribution in [0.5, 0.6) is 0 Å². The number of hydrogen-bond donors (Lipinski definition) is 2. The Labute approximate surface area is 191 Å². The monoisotopic (exact) mass is 472 g/mol. The van der Waals surface area contributed by atoms with E-state index in [1.54, 1.807) is 24.5 Å². The third-order valence-corrected chi connectivity index (χ3v) is 7.29. The Morgan fingerprint density at radius 3 is 2.91 bits per heavy atom. The Balaban J connectivity index is 1.44. The van der Waals surface area contributed by atoms with Crippen LogP contribution < -0.4 is 5.32 Å². The molecule has 1 aliphatic carbocycles. The molecule has 2 N–H and O–H groups in total. The van der Waals surface area contributed by atoms with E-state index in [4.69, 9.17) is 0 Å². The number of benzene rings is 1. The van der Waals surface area contributed by atoms with E-state index < -0.39 is 29.2 Å². The second-order valence-electron chi connectivity index (χ2n) is 8.29. The lowest BCUT2D eigenvalue weighted by molar-refractivity contribution is -0.0186. The molecule has 2 atom stereocenters. The molecule has 1 amide bonds. The molecule has 0 saturated carbocycles. The largest absolute Gasteiger partial charge is 0.381 e. The number of carbonyl (C=O) groups is 1. The summed E-state index contributed by atoms with van der Waals surface area (Å²) in [7, 11) is 0. The number of rotatable bonds is 6. The van der Waals surface area contributed by atoms with E-state index in [0.29, 0.717) is 6.07 Å². The molecule has 172 valence electrons. The first-order valence-corrected chi connectivity index (χ1v) is 11.5. The summed E-state index contributed by atoms with van der Waals surface area (Å²) in [6.45, 7) is 1.35. The fourth-order valence-electron chi connectivity index (χ4n) is 4.32. The van der Waals surface area contributed by atoms with Crippen LogP contribution in [0.15, 0.2) is 37.1 Å². The molecule has 0 radical (unpaired) electrons. The zero-order valence-electron chi connectivity index (χ0n) is 17.8. The zero-order valence-corrected chi connectivity index (χ0v) is 18.6. The van der Waals surface area contributed by atoms with Gasteiger partial charge in [0, 0.05) is 28.4 Å². The van der Waals surface area contributed by atoms with Crippen molar-refractivity contribution >= 4 is 22.2 Å². The van der Waals surface area contributed by atoms with Crippen LogP contribution in [0.1, 0.15) is 46.4 Å². The number of aromatic nitrogens is 5. The first-order chi connectivity index (χ1) is 15.8. The van der Waals surface area contributed by atoms with Crippen molar-refractivity contribution in [2.24, 2.45) is 0 Å². The number of thiazole rings is 1. The van der Waals surface area contributed by atoms with Crippen molar-refractivity contribution in [3.63, 3.8) is 0 Å². The molecule has 8 nitrogen and oxygen atoms in total. The maximum atomic E-state index is 14.7. The van der Waals surface area contributed by atoms with E-state index in [0.717, 1.165) is 36.7 Å². The van der Waals surface area contributed by atoms with Crippen LogP contribution in [0, 0.1) is 11.6 Å². The number of halogens is 2. The average molecular weight is 473 g/mol. The molecule has 33 heavy (non-hydrogen) atoms. The summed E-state index contributed by atoms with van der Waals surface area (Å²) in [4.78, 5) is 23.4. The fraction of sp³-hybridized carbons (Fsp3) is 0.364. The highest BCUT2D eigenvalue weighted by Crippen LogP contribution is 2.32. The molecular weight excluding hydrogens is 450 g/mol. The Morgan fingerprint density at radius 2 is 2.15 bits per heavy atom. The molecule has 0 fully saturated rings. The Hall–Kier alpha value is -3.18. The van der Waals surface area contributed by atoms with E-state index >= 15 is 0 Å². The molecule has 3 heterocycles. The topological polar surface area (TPSA) is 97.3 Å². The molecule has 1 aliphatic rings. The second kappa shape index (κ2) is 8.31. The first-order valence-electron chi connectivity index (χ1n) is 10.7. The Bertz CT molecular complexity index is 1320. The maximum Gasteiger partial charge on any atom is 0.271 e. The van der Waals surface area contributed by atoms with Crippen molar-refractivity contribution in [2.45, 2.75) is 50.8 Å². The molecule has 0 spiro atoms. The fourth-order valence-corrected chi connectivity index (χ4v) is 5.51. The second-order valence-corrected chi connectivity index (χ2v) is 9.36. The summed E-state index contributed by atoms with van der Waals surface area (Å²) in [5, 5.41) is 18.3. The van der Waals surface area contributed by atoms with Gasteiger partial charge in [-0.2, -0.15) is 5.10 Å². The highest BCUT2D eigenvalue weighted by Gasteiger charge is 2.40. The molecule has 1 aromatic carbocycles. The van der Waals surface area contributed by atoms with E-state index in [2.05, 4.69) is 20.4 Å². The van der Waals surface area contributed by atoms with Gasteiger partial charge in [-0.3, -0.25) is 9.20 Å². The third-order valence-electron chi connectivity index (χ3n) is 6.13. The Morgan fingerprint density at radius 1 is 1.33 bits per heavy atom. The van der Waals surface area contributed by atoms with Crippen molar-refractivity contribution < 1.29 is 18.7 Å². The number of aliphatic hydroxyl groups is 1. The predicted molar refractivity (Wildman–Crippen MR) is 117 cm³/mol. The van der Waals surface area contributed by atoms with E-state index in [1.807, 2.05) is 4.40 Å². The maximum absolute atomic E-state index is 14.7. The lowest BCUT2D eigenvalue weighted by Crippen LogP contribution is -2.52. The number of fused-ring (bicyclic) bond motifs is 3. The molecular formula is C22H22F2N6O2S. The highest BCUT2D eigenvalue weighted by molar-refractivity contribution is 7.17. The molecule has 0 unspecified atom stereocenters. The van der Waals surface area contributed by atoms with Gasteiger partial charge in [-0.25, -0.2) is 23.4 Å².